The molecule has 0 unspecified atom stereocenters. The Hall–Kier alpha value is -2.19. The van der Waals surface area contributed by atoms with Gasteiger partial charge >= 0.3 is 0 Å². The molecule has 90 valence electrons. The molecule has 2 aromatic rings. The molecule has 0 aliphatic heterocycles. The Morgan fingerprint density at radius 1 is 1.56 bits per heavy atom. The van der Waals surface area contributed by atoms with Gasteiger partial charge in [-0.25, -0.2) is 4.98 Å². The van der Waals surface area contributed by atoms with Crippen LogP contribution >= 0.6 is 11.3 Å². The topological polar surface area (TPSA) is 65.8 Å². The number of rotatable bonds is 3. The van der Waals surface area contributed by atoms with Crippen LogP contribution in [0.25, 0.3) is 11.3 Å². The third-order valence-corrected chi connectivity index (χ3v) is 3.07. The number of nitriles is 1. The summed E-state index contributed by atoms with van der Waals surface area (Å²) < 4.78 is 0. The molecule has 1 heterocycles. The number of aryl methyl sites for hydroxylation is 1. The molecule has 1 N–H and O–H groups in total. The van der Waals surface area contributed by atoms with Crippen LogP contribution in [0.1, 0.15) is 11.4 Å². The molecule has 0 spiro atoms. The fraction of sp³-hybridized carbons (Fsp3) is 0.154. The Morgan fingerprint density at radius 2 is 2.39 bits per heavy atom. The third-order valence-electron chi connectivity index (χ3n) is 2.30. The van der Waals surface area contributed by atoms with Crippen LogP contribution < -0.4 is 5.32 Å². The summed E-state index contributed by atoms with van der Waals surface area (Å²) in [6.45, 7) is 1.95. The summed E-state index contributed by atoms with van der Waals surface area (Å²) in [5.41, 5.74) is 2.53. The first-order valence-electron chi connectivity index (χ1n) is 5.38. The van der Waals surface area contributed by atoms with Crippen molar-refractivity contribution in [3.8, 4) is 17.3 Å². The SMILES string of the molecule is Cc1nc(-c2cccc(NC(=O)CC#N)c2)cs1. The lowest BCUT2D eigenvalue weighted by atomic mass is 10.1. The van der Waals surface area contributed by atoms with E-state index in [0.717, 1.165) is 16.3 Å². The number of nitrogens with zero attached hydrogens (tertiary/aromatic N) is 2. The number of aromatic nitrogens is 1. The van der Waals surface area contributed by atoms with Gasteiger partial charge in [0, 0.05) is 16.6 Å². The zero-order chi connectivity index (χ0) is 13.0. The van der Waals surface area contributed by atoms with Crippen LogP contribution in [0.4, 0.5) is 5.69 Å². The van der Waals surface area contributed by atoms with Gasteiger partial charge in [-0.1, -0.05) is 12.1 Å². The average Bonchev–Trinajstić information content (AvgIpc) is 2.76. The van der Waals surface area contributed by atoms with Crippen molar-refractivity contribution >= 4 is 22.9 Å². The lowest BCUT2D eigenvalue weighted by Crippen LogP contribution is -2.09. The van der Waals surface area contributed by atoms with Gasteiger partial charge in [-0.3, -0.25) is 4.79 Å². The van der Waals surface area contributed by atoms with Gasteiger partial charge in [0.2, 0.25) is 5.91 Å². The monoisotopic (exact) mass is 257 g/mol. The van der Waals surface area contributed by atoms with Gasteiger partial charge in [0.15, 0.2) is 0 Å². The normalized spacial score (nSPS) is 9.78. The molecule has 1 aromatic carbocycles. The number of nitrogens with one attached hydrogen (secondary N) is 1. The van der Waals surface area contributed by atoms with E-state index in [-0.39, 0.29) is 12.3 Å². The molecular weight excluding hydrogens is 246 g/mol. The van der Waals surface area contributed by atoms with Crippen LogP contribution in [0.5, 0.6) is 0 Å². The molecule has 18 heavy (non-hydrogen) atoms. The summed E-state index contributed by atoms with van der Waals surface area (Å²) in [6, 6.07) is 9.25. The lowest BCUT2D eigenvalue weighted by molar-refractivity contribution is -0.115. The van der Waals surface area contributed by atoms with Crippen molar-refractivity contribution in [2.45, 2.75) is 13.3 Å². The quantitative estimate of drug-likeness (QED) is 0.919. The van der Waals surface area contributed by atoms with E-state index in [1.54, 1.807) is 17.4 Å². The predicted molar refractivity (Wildman–Crippen MR) is 71.1 cm³/mol. The summed E-state index contributed by atoms with van der Waals surface area (Å²) in [5.74, 6) is -0.302. The first-order chi connectivity index (χ1) is 8.69. The molecule has 0 fully saturated rings. The highest BCUT2D eigenvalue weighted by atomic mass is 32.1. The molecule has 0 bridgehead atoms. The van der Waals surface area contributed by atoms with Crippen LogP contribution in [0.3, 0.4) is 0 Å². The summed E-state index contributed by atoms with van der Waals surface area (Å²) in [6.07, 6.45) is -0.139. The lowest BCUT2D eigenvalue weighted by Gasteiger charge is -2.04. The number of carbonyl (C=O) groups excluding carboxylic acids is 1. The molecule has 2 rings (SSSR count). The molecule has 4 nitrogen and oxygen atoms in total. The van der Waals surface area contributed by atoms with Crippen molar-refractivity contribution < 1.29 is 4.79 Å². The van der Waals surface area contributed by atoms with Gasteiger partial charge in [0.25, 0.3) is 0 Å². The molecule has 5 heteroatoms. The van der Waals surface area contributed by atoms with Crippen molar-refractivity contribution in [1.29, 1.82) is 5.26 Å². The van der Waals surface area contributed by atoms with Gasteiger partial charge in [-0.05, 0) is 19.1 Å². The molecular formula is C13H11N3OS. The maximum absolute atomic E-state index is 11.3. The number of amides is 1. The first kappa shape index (κ1) is 12.3. The van der Waals surface area contributed by atoms with Gasteiger partial charge < -0.3 is 5.32 Å². The van der Waals surface area contributed by atoms with Crippen molar-refractivity contribution in [2.75, 3.05) is 5.32 Å². The molecule has 0 radical (unpaired) electrons. The second-order valence-electron chi connectivity index (χ2n) is 3.72. The number of benzene rings is 1. The fourth-order valence-corrected chi connectivity index (χ4v) is 2.15. The highest BCUT2D eigenvalue weighted by Gasteiger charge is 2.05. The van der Waals surface area contributed by atoms with Crippen LogP contribution in [-0.4, -0.2) is 10.9 Å². The highest BCUT2D eigenvalue weighted by molar-refractivity contribution is 7.09. The summed E-state index contributed by atoms with van der Waals surface area (Å²) in [5, 5.41) is 14.1. The minimum Gasteiger partial charge on any atom is -0.325 e. The number of hydrogen-bond donors (Lipinski definition) is 1. The molecule has 0 saturated carbocycles. The van der Waals surface area contributed by atoms with E-state index in [2.05, 4.69) is 10.3 Å². The fourth-order valence-electron chi connectivity index (χ4n) is 1.53. The Labute approximate surface area is 109 Å². The van der Waals surface area contributed by atoms with Crippen LogP contribution in [0.2, 0.25) is 0 Å². The van der Waals surface area contributed by atoms with E-state index < -0.39 is 0 Å². The van der Waals surface area contributed by atoms with Gasteiger partial charge in [0.1, 0.15) is 6.42 Å². The summed E-state index contributed by atoms with van der Waals surface area (Å²) >= 11 is 1.59. The Morgan fingerprint density at radius 3 is 3.06 bits per heavy atom. The van der Waals surface area contributed by atoms with E-state index >= 15 is 0 Å². The van der Waals surface area contributed by atoms with Crippen molar-refractivity contribution in [1.82, 2.24) is 4.98 Å². The van der Waals surface area contributed by atoms with E-state index in [1.165, 1.54) is 0 Å². The maximum Gasteiger partial charge on any atom is 0.238 e. The van der Waals surface area contributed by atoms with E-state index in [1.807, 2.05) is 36.6 Å². The van der Waals surface area contributed by atoms with Crippen molar-refractivity contribution in [3.63, 3.8) is 0 Å². The zero-order valence-corrected chi connectivity index (χ0v) is 10.6. The second-order valence-corrected chi connectivity index (χ2v) is 4.78. The standard InChI is InChI=1S/C13H11N3OS/c1-9-15-12(8-18-9)10-3-2-4-11(7-10)16-13(17)5-6-14/h2-4,7-8H,5H2,1H3,(H,16,17). The molecule has 1 amide bonds. The minimum atomic E-state index is -0.302. The highest BCUT2D eigenvalue weighted by Crippen LogP contribution is 2.24. The molecule has 0 saturated heterocycles. The van der Waals surface area contributed by atoms with Gasteiger partial charge in [-0.2, -0.15) is 5.26 Å². The minimum absolute atomic E-state index is 0.139. The average molecular weight is 257 g/mol. The summed E-state index contributed by atoms with van der Waals surface area (Å²) in [7, 11) is 0. The van der Waals surface area contributed by atoms with Gasteiger partial charge in [-0.15, -0.1) is 11.3 Å². The van der Waals surface area contributed by atoms with E-state index in [4.69, 9.17) is 5.26 Å². The van der Waals surface area contributed by atoms with Crippen LogP contribution in [0.15, 0.2) is 29.6 Å². The number of anilines is 1. The van der Waals surface area contributed by atoms with E-state index in [0.29, 0.717) is 5.69 Å². The smallest absolute Gasteiger partial charge is 0.238 e. The molecule has 0 aliphatic carbocycles. The Kier molecular flexibility index (Phi) is 3.70. The van der Waals surface area contributed by atoms with Gasteiger partial charge in [0.05, 0.1) is 16.8 Å². The van der Waals surface area contributed by atoms with Crippen LogP contribution in [0, 0.1) is 18.3 Å². The largest absolute Gasteiger partial charge is 0.325 e. The molecule has 0 atom stereocenters. The maximum atomic E-state index is 11.3. The first-order valence-corrected chi connectivity index (χ1v) is 6.26. The summed E-state index contributed by atoms with van der Waals surface area (Å²) in [4.78, 5) is 15.7. The molecule has 1 aromatic heterocycles. The Bertz CT molecular complexity index is 613. The predicted octanol–water partition coefficient (Wildman–Crippen LogP) is 2.97. The van der Waals surface area contributed by atoms with Crippen LogP contribution in [-0.2, 0) is 4.79 Å². The van der Waals surface area contributed by atoms with E-state index in [9.17, 15) is 4.79 Å². The molecule has 0 aliphatic rings. The Balaban J connectivity index is 2.20. The number of carbonyl (C=O) groups is 1. The second kappa shape index (κ2) is 5.43. The van der Waals surface area contributed by atoms with Crippen molar-refractivity contribution in [2.24, 2.45) is 0 Å². The third kappa shape index (κ3) is 2.93. The van der Waals surface area contributed by atoms with Crippen molar-refractivity contribution in [3.05, 3.63) is 34.7 Å². The number of thiazole rings is 1. The number of hydrogen-bond acceptors (Lipinski definition) is 4. The zero-order valence-electron chi connectivity index (χ0n) is 9.80.